The van der Waals surface area contributed by atoms with Crippen molar-refractivity contribution in [2.75, 3.05) is 5.32 Å². The molecule has 0 fully saturated rings. The van der Waals surface area contributed by atoms with Crippen molar-refractivity contribution in [1.82, 2.24) is 5.43 Å². The van der Waals surface area contributed by atoms with E-state index in [2.05, 4.69) is 10.5 Å². The summed E-state index contributed by atoms with van der Waals surface area (Å²) >= 11 is 0. The fraction of sp³-hybridized carbons (Fsp3) is 0.167. The minimum absolute atomic E-state index is 0.00710. The minimum atomic E-state index is -4.95. The Morgan fingerprint density at radius 1 is 1.00 bits per heavy atom. The van der Waals surface area contributed by atoms with Crippen molar-refractivity contribution in [3.05, 3.63) is 65.2 Å². The van der Waals surface area contributed by atoms with E-state index < -0.39 is 12.1 Å². The lowest BCUT2D eigenvalue weighted by Gasteiger charge is -2.08. The van der Waals surface area contributed by atoms with Gasteiger partial charge in [0.1, 0.15) is 0 Å². The number of nitrogens with one attached hydrogen (secondary N) is 2. The van der Waals surface area contributed by atoms with Crippen molar-refractivity contribution in [3.63, 3.8) is 0 Å². The zero-order valence-electron chi connectivity index (χ0n) is 14.0. The third-order valence-corrected chi connectivity index (χ3v) is 3.42. The molecule has 0 heterocycles. The minimum Gasteiger partial charge on any atom is -0.318 e. The molecule has 2 amide bonds. The first-order valence-corrected chi connectivity index (χ1v) is 7.57. The molecule has 0 unspecified atom stereocenters. The number of nitrogens with zero attached hydrogens (tertiary/aromatic N) is 1. The fourth-order valence-electron chi connectivity index (χ4n) is 2.05. The molecule has 0 aliphatic rings. The normalized spacial score (nSPS) is 11.8. The number of hydrogen-bond donors (Lipinski definition) is 2. The van der Waals surface area contributed by atoms with E-state index >= 15 is 0 Å². The van der Waals surface area contributed by atoms with Crippen LogP contribution < -0.4 is 10.7 Å². The van der Waals surface area contributed by atoms with Crippen LogP contribution >= 0.6 is 0 Å². The highest BCUT2D eigenvalue weighted by Crippen LogP contribution is 2.18. The molecule has 26 heavy (non-hydrogen) atoms. The Kier molecular flexibility index (Phi) is 5.76. The predicted molar refractivity (Wildman–Crippen MR) is 92.0 cm³/mol. The summed E-state index contributed by atoms with van der Waals surface area (Å²) in [7, 11) is 0. The van der Waals surface area contributed by atoms with Crippen LogP contribution in [0.1, 0.15) is 28.4 Å². The maximum Gasteiger partial charge on any atom is 0.471 e. The van der Waals surface area contributed by atoms with Gasteiger partial charge in [-0.15, -0.1) is 0 Å². The van der Waals surface area contributed by atoms with Crippen molar-refractivity contribution in [1.29, 1.82) is 0 Å². The molecule has 8 heteroatoms. The van der Waals surface area contributed by atoms with Gasteiger partial charge in [-0.1, -0.05) is 29.8 Å². The molecular weight excluding hydrogens is 347 g/mol. The van der Waals surface area contributed by atoms with Gasteiger partial charge in [-0.05, 0) is 43.7 Å². The Bertz CT molecular complexity index is 844. The van der Waals surface area contributed by atoms with Gasteiger partial charge in [-0.3, -0.25) is 9.59 Å². The number of carbonyl (C=O) groups is 2. The second-order valence-corrected chi connectivity index (χ2v) is 5.54. The fourth-order valence-corrected chi connectivity index (χ4v) is 2.05. The summed E-state index contributed by atoms with van der Waals surface area (Å²) in [5.41, 5.74) is 4.87. The van der Waals surface area contributed by atoms with Crippen LogP contribution in [0.25, 0.3) is 0 Å². The van der Waals surface area contributed by atoms with Gasteiger partial charge in [0.25, 0.3) is 5.91 Å². The van der Waals surface area contributed by atoms with Crippen molar-refractivity contribution in [3.8, 4) is 0 Å². The molecule has 2 N–H and O–H groups in total. The standard InChI is InChI=1S/C18H16F3N3O2/c1-11-4-3-5-14(10-11)16(25)24-23-12(2)13-6-8-15(9-7-13)22-17(26)18(19,20)21/h3-10H,1-2H3,(H,22,26)(H,24,25)/b23-12-. The molecule has 0 atom stereocenters. The zero-order valence-corrected chi connectivity index (χ0v) is 14.0. The maximum atomic E-state index is 12.2. The Hall–Kier alpha value is -3.16. The molecule has 0 aliphatic heterocycles. The second kappa shape index (κ2) is 7.81. The molecule has 2 aromatic rings. The number of benzene rings is 2. The number of amides is 2. The van der Waals surface area contributed by atoms with Crippen molar-refractivity contribution >= 4 is 23.2 Å². The van der Waals surface area contributed by atoms with Crippen LogP contribution in [0.2, 0.25) is 0 Å². The van der Waals surface area contributed by atoms with Gasteiger partial charge < -0.3 is 5.32 Å². The van der Waals surface area contributed by atoms with Gasteiger partial charge in [-0.2, -0.15) is 18.3 Å². The topological polar surface area (TPSA) is 70.6 Å². The van der Waals surface area contributed by atoms with Crippen molar-refractivity contribution in [2.24, 2.45) is 5.10 Å². The largest absolute Gasteiger partial charge is 0.471 e. The van der Waals surface area contributed by atoms with Gasteiger partial charge in [0.15, 0.2) is 0 Å². The Morgan fingerprint density at radius 3 is 2.23 bits per heavy atom. The van der Waals surface area contributed by atoms with E-state index in [0.29, 0.717) is 16.8 Å². The molecule has 0 aliphatic carbocycles. The SMILES string of the molecule is C/C(=N/NC(=O)c1cccc(C)c1)c1ccc(NC(=O)C(F)(F)F)cc1. The Labute approximate surface area is 147 Å². The molecule has 2 rings (SSSR count). The smallest absolute Gasteiger partial charge is 0.318 e. The van der Waals surface area contributed by atoms with Crippen LogP contribution in [0.15, 0.2) is 53.6 Å². The first kappa shape index (κ1) is 19.2. The highest BCUT2D eigenvalue weighted by atomic mass is 19.4. The molecule has 0 spiro atoms. The van der Waals surface area contributed by atoms with Crippen LogP contribution in [-0.4, -0.2) is 23.7 Å². The van der Waals surface area contributed by atoms with E-state index in [1.54, 1.807) is 30.4 Å². The van der Waals surface area contributed by atoms with E-state index in [4.69, 9.17) is 0 Å². The molecule has 0 radical (unpaired) electrons. The van der Waals surface area contributed by atoms with E-state index in [1.807, 2.05) is 13.0 Å². The first-order chi connectivity index (χ1) is 12.2. The average molecular weight is 363 g/mol. The molecule has 5 nitrogen and oxygen atoms in total. The summed E-state index contributed by atoms with van der Waals surface area (Å²) in [6.45, 7) is 3.50. The number of hydrazone groups is 1. The molecular formula is C18H16F3N3O2. The first-order valence-electron chi connectivity index (χ1n) is 7.57. The van der Waals surface area contributed by atoms with E-state index in [1.165, 1.54) is 24.3 Å². The Morgan fingerprint density at radius 2 is 1.65 bits per heavy atom. The number of aryl methyl sites for hydroxylation is 1. The summed E-state index contributed by atoms with van der Waals surface area (Å²) in [5.74, 6) is -2.41. The van der Waals surface area contributed by atoms with Gasteiger partial charge in [0.2, 0.25) is 0 Å². The van der Waals surface area contributed by atoms with Gasteiger partial charge in [0.05, 0.1) is 5.71 Å². The molecule has 2 aromatic carbocycles. The highest BCUT2D eigenvalue weighted by molar-refractivity contribution is 6.01. The number of halogens is 3. The number of alkyl halides is 3. The lowest BCUT2D eigenvalue weighted by Crippen LogP contribution is -2.29. The maximum absolute atomic E-state index is 12.2. The predicted octanol–water partition coefficient (Wildman–Crippen LogP) is 3.65. The zero-order chi connectivity index (χ0) is 19.3. The molecule has 136 valence electrons. The van der Waals surface area contributed by atoms with E-state index in [0.717, 1.165) is 5.56 Å². The average Bonchev–Trinajstić information content (AvgIpc) is 2.59. The number of rotatable bonds is 4. The summed E-state index contributed by atoms with van der Waals surface area (Å²) in [6.07, 6.45) is -4.95. The quantitative estimate of drug-likeness (QED) is 0.643. The second-order valence-electron chi connectivity index (χ2n) is 5.54. The summed E-state index contributed by atoms with van der Waals surface area (Å²) in [4.78, 5) is 22.9. The number of hydrogen-bond acceptors (Lipinski definition) is 3. The van der Waals surface area contributed by atoms with Gasteiger partial charge in [-0.25, -0.2) is 5.43 Å². The van der Waals surface area contributed by atoms with E-state index in [9.17, 15) is 22.8 Å². The number of anilines is 1. The summed E-state index contributed by atoms with van der Waals surface area (Å²) in [5, 5.41) is 5.73. The summed E-state index contributed by atoms with van der Waals surface area (Å²) in [6, 6.07) is 12.6. The highest BCUT2D eigenvalue weighted by Gasteiger charge is 2.38. The van der Waals surface area contributed by atoms with Crippen LogP contribution in [-0.2, 0) is 4.79 Å². The van der Waals surface area contributed by atoms with Crippen LogP contribution in [0.4, 0.5) is 18.9 Å². The lowest BCUT2D eigenvalue weighted by atomic mass is 10.1. The lowest BCUT2D eigenvalue weighted by molar-refractivity contribution is -0.167. The molecule has 0 aromatic heterocycles. The Balaban J connectivity index is 2.03. The molecule has 0 saturated carbocycles. The van der Waals surface area contributed by atoms with Crippen LogP contribution in [0, 0.1) is 6.92 Å². The third kappa shape index (κ3) is 5.17. The molecule has 0 bridgehead atoms. The van der Waals surface area contributed by atoms with Gasteiger partial charge in [0, 0.05) is 11.3 Å². The van der Waals surface area contributed by atoms with Crippen LogP contribution in [0.3, 0.4) is 0 Å². The van der Waals surface area contributed by atoms with E-state index in [-0.39, 0.29) is 11.6 Å². The van der Waals surface area contributed by atoms with Crippen LogP contribution in [0.5, 0.6) is 0 Å². The third-order valence-electron chi connectivity index (χ3n) is 3.42. The van der Waals surface area contributed by atoms with Crippen molar-refractivity contribution in [2.45, 2.75) is 20.0 Å². The molecule has 0 saturated heterocycles. The number of carbonyl (C=O) groups excluding carboxylic acids is 2. The van der Waals surface area contributed by atoms with Gasteiger partial charge >= 0.3 is 12.1 Å². The summed E-state index contributed by atoms with van der Waals surface area (Å²) < 4.78 is 36.6. The monoisotopic (exact) mass is 363 g/mol. The van der Waals surface area contributed by atoms with Crippen molar-refractivity contribution < 1.29 is 22.8 Å².